The van der Waals surface area contributed by atoms with Crippen LogP contribution in [-0.4, -0.2) is 10.3 Å². The van der Waals surface area contributed by atoms with Crippen LogP contribution in [0.1, 0.15) is 45.4 Å². The Balaban J connectivity index is 0.000000956. The molecule has 0 unspecified atom stereocenters. The normalized spacial score (nSPS) is 11.2. The van der Waals surface area contributed by atoms with E-state index in [9.17, 15) is 0 Å². The molecule has 0 fully saturated rings. The Morgan fingerprint density at radius 1 is 1.25 bits per heavy atom. The lowest BCUT2D eigenvalue weighted by Gasteiger charge is -2.08. The van der Waals surface area contributed by atoms with Crippen molar-refractivity contribution in [2.75, 3.05) is 0 Å². The van der Waals surface area contributed by atoms with Gasteiger partial charge >= 0.3 is 0 Å². The number of nitrogens with zero attached hydrogens (tertiary/aromatic N) is 2. The van der Waals surface area contributed by atoms with E-state index >= 15 is 0 Å². The minimum absolute atomic E-state index is 0.858. The fourth-order valence-corrected chi connectivity index (χ4v) is 2.52. The Labute approximate surface area is 122 Å². The van der Waals surface area contributed by atoms with Crippen LogP contribution in [0.2, 0.25) is 0 Å². The summed E-state index contributed by atoms with van der Waals surface area (Å²) >= 11 is 0. The van der Waals surface area contributed by atoms with Crippen molar-refractivity contribution in [1.29, 1.82) is 0 Å². The molecule has 1 aromatic carbocycles. The van der Waals surface area contributed by atoms with Gasteiger partial charge in [0.25, 0.3) is 0 Å². The highest BCUT2D eigenvalue weighted by Crippen LogP contribution is 2.25. The molecule has 0 bridgehead atoms. The quantitative estimate of drug-likeness (QED) is 0.678. The first kappa shape index (κ1) is 16.2. The van der Waals surface area contributed by atoms with E-state index in [0.29, 0.717) is 0 Å². The number of fused-ring (bicyclic) bond motifs is 1. The second-order valence-corrected chi connectivity index (χ2v) is 4.70. The average molecular weight is 270 g/mol. The monoisotopic (exact) mass is 270 g/mol. The molecule has 0 N–H and O–H groups in total. The number of benzene rings is 1. The molecule has 20 heavy (non-hydrogen) atoms. The molecule has 0 saturated carbocycles. The van der Waals surface area contributed by atoms with Gasteiger partial charge in [0.2, 0.25) is 0 Å². The Morgan fingerprint density at radius 3 is 2.35 bits per heavy atom. The van der Waals surface area contributed by atoms with Gasteiger partial charge in [0.15, 0.2) is 0 Å². The fraction of sp³-hybridized carbons (Fsp3) is 0.389. The average Bonchev–Trinajstić information content (AvgIpc) is 2.71. The lowest BCUT2D eigenvalue weighted by atomic mass is 10.1. The Hall–Kier alpha value is -1.83. The first-order valence-electron chi connectivity index (χ1n) is 7.33. The van der Waals surface area contributed by atoms with Gasteiger partial charge in [-0.1, -0.05) is 45.5 Å². The summed E-state index contributed by atoms with van der Waals surface area (Å²) in [6.45, 7) is 14.1. The van der Waals surface area contributed by atoms with Crippen LogP contribution in [0.25, 0.3) is 10.9 Å². The van der Waals surface area contributed by atoms with Crippen molar-refractivity contribution in [3.63, 3.8) is 0 Å². The molecule has 1 heterocycles. The maximum Gasteiger partial charge on any atom is 0.0663 e. The van der Waals surface area contributed by atoms with Gasteiger partial charge in [-0.2, -0.15) is 0 Å². The molecule has 0 saturated heterocycles. The fourth-order valence-electron chi connectivity index (χ4n) is 2.52. The summed E-state index contributed by atoms with van der Waals surface area (Å²) in [7, 11) is 2.11. The van der Waals surface area contributed by atoms with Crippen LogP contribution < -0.4 is 0 Å². The second kappa shape index (κ2) is 7.09. The van der Waals surface area contributed by atoms with Crippen LogP contribution in [0.15, 0.2) is 41.5 Å². The Bertz CT molecular complexity index is 591. The van der Waals surface area contributed by atoms with E-state index in [0.717, 1.165) is 17.8 Å². The molecule has 2 aromatic rings. The molecule has 108 valence electrons. The van der Waals surface area contributed by atoms with Gasteiger partial charge in [0, 0.05) is 23.6 Å². The van der Waals surface area contributed by atoms with Crippen LogP contribution in [0, 0.1) is 6.92 Å². The number of aryl methyl sites for hydroxylation is 2. The molecule has 1 aromatic heterocycles. The van der Waals surface area contributed by atoms with Crippen LogP contribution in [0.3, 0.4) is 0 Å². The lowest BCUT2D eigenvalue weighted by molar-refractivity contribution is 0.939. The highest BCUT2D eigenvalue weighted by Gasteiger charge is 2.14. The second-order valence-electron chi connectivity index (χ2n) is 4.70. The van der Waals surface area contributed by atoms with Crippen molar-refractivity contribution < 1.29 is 0 Å². The number of hydrogen-bond acceptors (Lipinski definition) is 1. The standard InChI is InChI=1S/C16H20N2.C2H6/c1-6-14(17-11(2)3)16-12(4)13-9-7-8-10-15(13)18(16)5;1-2/h7-10H,2,6H2,1,3-5H3;1-2H3. The summed E-state index contributed by atoms with van der Waals surface area (Å²) in [6, 6.07) is 8.48. The summed E-state index contributed by atoms with van der Waals surface area (Å²) < 4.78 is 2.23. The molecule has 0 aliphatic heterocycles. The summed E-state index contributed by atoms with van der Waals surface area (Å²) in [4.78, 5) is 4.58. The molecule has 2 rings (SSSR count). The molecule has 2 nitrogen and oxygen atoms in total. The maximum atomic E-state index is 4.58. The van der Waals surface area contributed by atoms with E-state index in [-0.39, 0.29) is 0 Å². The third-order valence-electron chi connectivity index (χ3n) is 3.29. The highest BCUT2D eigenvalue weighted by molar-refractivity contribution is 6.06. The molecule has 0 aliphatic carbocycles. The SMILES string of the molecule is C=C(C)N=C(CC)c1c(C)c2ccccc2n1C.CC. The van der Waals surface area contributed by atoms with E-state index in [2.05, 4.69) is 61.3 Å². The zero-order chi connectivity index (χ0) is 15.3. The van der Waals surface area contributed by atoms with E-state index in [1.165, 1.54) is 22.2 Å². The van der Waals surface area contributed by atoms with Crippen molar-refractivity contribution in [1.82, 2.24) is 4.57 Å². The molecular weight excluding hydrogens is 244 g/mol. The van der Waals surface area contributed by atoms with Gasteiger partial charge in [-0.05, 0) is 31.9 Å². The Kier molecular flexibility index (Phi) is 5.75. The number of para-hydroxylation sites is 1. The number of aromatic nitrogens is 1. The van der Waals surface area contributed by atoms with Gasteiger partial charge in [0.1, 0.15) is 0 Å². The summed E-state index contributed by atoms with van der Waals surface area (Å²) in [6.07, 6.45) is 0.915. The zero-order valence-electron chi connectivity index (χ0n) is 13.6. The van der Waals surface area contributed by atoms with Gasteiger partial charge in [-0.3, -0.25) is 4.99 Å². The molecule has 2 heteroatoms. The minimum atomic E-state index is 0.858. The van der Waals surface area contributed by atoms with Gasteiger partial charge in [0.05, 0.1) is 11.4 Å². The molecule has 0 radical (unpaired) electrons. The van der Waals surface area contributed by atoms with E-state index in [4.69, 9.17) is 0 Å². The number of aliphatic imine (C=N–C) groups is 1. The van der Waals surface area contributed by atoms with Gasteiger partial charge in [-0.15, -0.1) is 0 Å². The Morgan fingerprint density at radius 2 is 1.85 bits per heavy atom. The molecule has 0 aliphatic rings. The largest absolute Gasteiger partial charge is 0.342 e. The van der Waals surface area contributed by atoms with Crippen molar-refractivity contribution in [3.8, 4) is 0 Å². The summed E-state index contributed by atoms with van der Waals surface area (Å²) in [5.74, 6) is 0. The van der Waals surface area contributed by atoms with Crippen LogP contribution in [-0.2, 0) is 7.05 Å². The maximum absolute atomic E-state index is 4.58. The summed E-state index contributed by atoms with van der Waals surface area (Å²) in [5.41, 5.74) is 5.75. The molecule has 0 amide bonds. The van der Waals surface area contributed by atoms with Crippen LogP contribution in [0.4, 0.5) is 0 Å². The van der Waals surface area contributed by atoms with Crippen LogP contribution in [0.5, 0.6) is 0 Å². The molecular formula is C18H26N2. The lowest BCUT2D eigenvalue weighted by Crippen LogP contribution is -2.07. The first-order chi connectivity index (χ1) is 9.56. The zero-order valence-corrected chi connectivity index (χ0v) is 13.6. The topological polar surface area (TPSA) is 17.3 Å². The van der Waals surface area contributed by atoms with Gasteiger partial charge in [-0.25, -0.2) is 0 Å². The number of rotatable bonds is 3. The number of allylic oxidation sites excluding steroid dienone is 1. The van der Waals surface area contributed by atoms with Crippen molar-refractivity contribution in [2.24, 2.45) is 12.0 Å². The minimum Gasteiger partial charge on any atom is -0.342 e. The molecule has 0 spiro atoms. The van der Waals surface area contributed by atoms with Crippen molar-refractivity contribution in [3.05, 3.63) is 47.8 Å². The summed E-state index contributed by atoms with van der Waals surface area (Å²) in [5, 5.41) is 1.30. The first-order valence-corrected chi connectivity index (χ1v) is 7.33. The highest BCUT2D eigenvalue weighted by atomic mass is 15.0. The van der Waals surface area contributed by atoms with E-state index < -0.39 is 0 Å². The number of hydrogen-bond donors (Lipinski definition) is 0. The van der Waals surface area contributed by atoms with E-state index in [1.807, 2.05) is 20.8 Å². The smallest absolute Gasteiger partial charge is 0.0663 e. The van der Waals surface area contributed by atoms with Crippen LogP contribution >= 0.6 is 0 Å². The van der Waals surface area contributed by atoms with Crippen molar-refractivity contribution >= 4 is 16.6 Å². The predicted molar refractivity (Wildman–Crippen MR) is 90.6 cm³/mol. The predicted octanol–water partition coefficient (Wildman–Crippen LogP) is 5.25. The molecule has 0 atom stereocenters. The third-order valence-corrected chi connectivity index (χ3v) is 3.29. The van der Waals surface area contributed by atoms with E-state index in [1.54, 1.807) is 0 Å². The van der Waals surface area contributed by atoms with Gasteiger partial charge < -0.3 is 4.57 Å². The third kappa shape index (κ3) is 3.01. The van der Waals surface area contributed by atoms with Crippen molar-refractivity contribution in [2.45, 2.75) is 41.0 Å².